The highest BCUT2D eigenvalue weighted by atomic mass is 16.2. The Morgan fingerprint density at radius 2 is 1.62 bits per heavy atom. The molecule has 0 spiro atoms. The maximum atomic E-state index is 13.3. The lowest BCUT2D eigenvalue weighted by molar-refractivity contribution is -0.140. The molecule has 1 N–H and O–H groups in total. The fraction of sp³-hybridized carbons (Fsp3) is 0.500. The summed E-state index contributed by atoms with van der Waals surface area (Å²) in [6.45, 7) is 14.9. The Hall–Kier alpha value is -2.62. The first kappa shape index (κ1) is 25.6. The van der Waals surface area contributed by atoms with E-state index in [0.29, 0.717) is 19.4 Å². The van der Waals surface area contributed by atoms with Crippen molar-refractivity contribution in [3.63, 3.8) is 0 Å². The zero-order valence-electron chi connectivity index (χ0n) is 20.9. The number of aryl methyl sites for hydroxylation is 2. The highest BCUT2D eigenvalue weighted by Gasteiger charge is 2.27. The van der Waals surface area contributed by atoms with E-state index in [1.807, 2.05) is 52.0 Å². The van der Waals surface area contributed by atoms with E-state index in [1.165, 1.54) is 5.56 Å². The van der Waals surface area contributed by atoms with Crippen LogP contribution in [0.3, 0.4) is 0 Å². The van der Waals surface area contributed by atoms with Gasteiger partial charge in [-0.1, -0.05) is 76.2 Å². The van der Waals surface area contributed by atoms with Gasteiger partial charge in [-0.3, -0.25) is 9.59 Å². The Kier molecular flexibility index (Phi) is 9.06. The summed E-state index contributed by atoms with van der Waals surface area (Å²) in [6.07, 6.45) is 1.89. The third-order valence-electron chi connectivity index (χ3n) is 6.22. The minimum atomic E-state index is -0.528. The van der Waals surface area contributed by atoms with Gasteiger partial charge in [0, 0.05) is 19.0 Å². The van der Waals surface area contributed by atoms with Crippen LogP contribution in [0.25, 0.3) is 0 Å². The predicted octanol–water partition coefficient (Wildman–Crippen LogP) is 5.56. The first-order valence-corrected chi connectivity index (χ1v) is 11.8. The standard InChI is InChI=1S/C28H40N2O2/c1-8-21(3)29-27(32)22(4)30(19-24-12-10-9-11-20(24)2)26(31)18-15-23-13-16-25(17-14-23)28(5,6)7/h9-14,16-17,21-22H,8,15,18-19H2,1-7H3,(H,29,32)/t21-,22-/m1/s1. The maximum Gasteiger partial charge on any atom is 0.242 e. The van der Waals surface area contributed by atoms with Crippen LogP contribution in [-0.2, 0) is 28.0 Å². The molecule has 32 heavy (non-hydrogen) atoms. The molecule has 0 aliphatic rings. The first-order valence-electron chi connectivity index (χ1n) is 11.8. The molecule has 0 aromatic heterocycles. The number of nitrogens with zero attached hydrogens (tertiary/aromatic N) is 1. The topological polar surface area (TPSA) is 49.4 Å². The van der Waals surface area contributed by atoms with E-state index < -0.39 is 6.04 Å². The van der Waals surface area contributed by atoms with Crippen LogP contribution in [0.5, 0.6) is 0 Å². The molecule has 0 saturated carbocycles. The van der Waals surface area contributed by atoms with E-state index in [9.17, 15) is 9.59 Å². The number of hydrogen-bond acceptors (Lipinski definition) is 2. The first-order chi connectivity index (χ1) is 15.0. The van der Waals surface area contributed by atoms with Gasteiger partial charge in [0.1, 0.15) is 6.04 Å². The molecule has 0 aliphatic heterocycles. The molecule has 0 aliphatic carbocycles. The van der Waals surface area contributed by atoms with Crippen molar-refractivity contribution in [3.05, 3.63) is 70.8 Å². The molecule has 2 amide bonds. The Bertz CT molecular complexity index is 896. The number of benzene rings is 2. The van der Waals surface area contributed by atoms with Crippen LogP contribution in [0, 0.1) is 6.92 Å². The quantitative estimate of drug-likeness (QED) is 0.560. The molecule has 0 saturated heterocycles. The number of nitrogens with one attached hydrogen (secondary N) is 1. The SMILES string of the molecule is CC[C@@H](C)NC(=O)[C@@H](C)N(Cc1ccccc1C)C(=O)CCc1ccc(C(C)(C)C)cc1. The summed E-state index contributed by atoms with van der Waals surface area (Å²) < 4.78 is 0. The molecule has 174 valence electrons. The van der Waals surface area contributed by atoms with Crippen LogP contribution < -0.4 is 5.32 Å². The predicted molar refractivity (Wildman–Crippen MR) is 133 cm³/mol. The van der Waals surface area contributed by atoms with Gasteiger partial charge in [-0.25, -0.2) is 0 Å². The van der Waals surface area contributed by atoms with Crippen molar-refractivity contribution in [1.82, 2.24) is 10.2 Å². The van der Waals surface area contributed by atoms with E-state index in [-0.39, 0.29) is 23.3 Å². The summed E-state index contributed by atoms with van der Waals surface area (Å²) in [5, 5.41) is 3.03. The highest BCUT2D eigenvalue weighted by Crippen LogP contribution is 2.23. The number of carbonyl (C=O) groups is 2. The second kappa shape index (κ2) is 11.3. The van der Waals surface area contributed by atoms with Gasteiger partial charge in [-0.2, -0.15) is 0 Å². The molecular weight excluding hydrogens is 396 g/mol. The molecule has 4 nitrogen and oxygen atoms in total. The van der Waals surface area contributed by atoms with Gasteiger partial charge in [0.05, 0.1) is 0 Å². The van der Waals surface area contributed by atoms with Gasteiger partial charge in [-0.05, 0) is 61.3 Å². The van der Waals surface area contributed by atoms with Gasteiger partial charge < -0.3 is 10.2 Å². The smallest absolute Gasteiger partial charge is 0.242 e. The lowest BCUT2D eigenvalue weighted by atomic mass is 9.86. The normalized spacial score (nSPS) is 13.3. The summed E-state index contributed by atoms with van der Waals surface area (Å²) >= 11 is 0. The van der Waals surface area contributed by atoms with Crippen molar-refractivity contribution in [2.24, 2.45) is 0 Å². The third-order valence-corrected chi connectivity index (χ3v) is 6.22. The van der Waals surface area contributed by atoms with E-state index in [4.69, 9.17) is 0 Å². The van der Waals surface area contributed by atoms with Crippen LogP contribution in [0.15, 0.2) is 48.5 Å². The zero-order valence-corrected chi connectivity index (χ0v) is 20.9. The monoisotopic (exact) mass is 436 g/mol. The van der Waals surface area contributed by atoms with Crippen molar-refractivity contribution in [1.29, 1.82) is 0 Å². The molecule has 0 bridgehead atoms. The third kappa shape index (κ3) is 7.22. The van der Waals surface area contributed by atoms with Crippen LogP contribution in [0.4, 0.5) is 0 Å². The average Bonchev–Trinajstić information content (AvgIpc) is 2.76. The van der Waals surface area contributed by atoms with Crippen LogP contribution in [0.1, 0.15) is 76.6 Å². The molecule has 2 aromatic rings. The van der Waals surface area contributed by atoms with Crippen molar-refractivity contribution >= 4 is 11.8 Å². The van der Waals surface area contributed by atoms with E-state index >= 15 is 0 Å². The van der Waals surface area contributed by atoms with Gasteiger partial charge in [0.2, 0.25) is 11.8 Å². The zero-order chi connectivity index (χ0) is 23.9. The summed E-state index contributed by atoms with van der Waals surface area (Å²) in [5.74, 6) is -0.101. The maximum absolute atomic E-state index is 13.3. The Morgan fingerprint density at radius 3 is 2.19 bits per heavy atom. The molecular formula is C28H40N2O2. The minimum Gasteiger partial charge on any atom is -0.352 e. The summed E-state index contributed by atoms with van der Waals surface area (Å²) in [4.78, 5) is 27.9. The highest BCUT2D eigenvalue weighted by molar-refractivity contribution is 5.87. The van der Waals surface area contributed by atoms with E-state index in [1.54, 1.807) is 4.90 Å². The summed E-state index contributed by atoms with van der Waals surface area (Å²) in [6, 6.07) is 16.1. The fourth-order valence-corrected chi connectivity index (χ4v) is 3.59. The number of amides is 2. The van der Waals surface area contributed by atoms with Crippen molar-refractivity contribution in [3.8, 4) is 0 Å². The van der Waals surface area contributed by atoms with Gasteiger partial charge in [-0.15, -0.1) is 0 Å². The van der Waals surface area contributed by atoms with Gasteiger partial charge >= 0.3 is 0 Å². The second-order valence-corrected chi connectivity index (χ2v) is 9.89. The molecule has 0 unspecified atom stereocenters. The van der Waals surface area contributed by atoms with E-state index in [0.717, 1.165) is 23.1 Å². The van der Waals surface area contributed by atoms with Crippen LogP contribution in [-0.4, -0.2) is 28.8 Å². The molecule has 0 heterocycles. The number of carbonyl (C=O) groups excluding carboxylic acids is 2. The van der Waals surface area contributed by atoms with Crippen molar-refractivity contribution in [2.45, 2.75) is 91.8 Å². The molecule has 4 heteroatoms. The molecule has 2 aromatic carbocycles. The largest absolute Gasteiger partial charge is 0.352 e. The fourth-order valence-electron chi connectivity index (χ4n) is 3.59. The molecule has 2 rings (SSSR count). The van der Waals surface area contributed by atoms with Crippen molar-refractivity contribution < 1.29 is 9.59 Å². The molecule has 0 fully saturated rings. The molecule has 2 atom stereocenters. The van der Waals surface area contributed by atoms with Gasteiger partial charge in [0.15, 0.2) is 0 Å². The second-order valence-electron chi connectivity index (χ2n) is 9.89. The average molecular weight is 437 g/mol. The molecule has 0 radical (unpaired) electrons. The number of hydrogen-bond donors (Lipinski definition) is 1. The summed E-state index contributed by atoms with van der Waals surface area (Å²) in [7, 11) is 0. The lowest BCUT2D eigenvalue weighted by Crippen LogP contribution is -2.49. The van der Waals surface area contributed by atoms with Crippen molar-refractivity contribution in [2.75, 3.05) is 0 Å². The number of rotatable bonds is 9. The Balaban J connectivity index is 2.15. The minimum absolute atomic E-state index is 0.0000440. The van der Waals surface area contributed by atoms with E-state index in [2.05, 4.69) is 50.4 Å². The lowest BCUT2D eigenvalue weighted by Gasteiger charge is -2.30. The van der Waals surface area contributed by atoms with Crippen LogP contribution in [0.2, 0.25) is 0 Å². The Labute approximate surface area is 194 Å². The summed E-state index contributed by atoms with van der Waals surface area (Å²) in [5.41, 5.74) is 4.72. The van der Waals surface area contributed by atoms with Gasteiger partial charge in [0.25, 0.3) is 0 Å². The Morgan fingerprint density at radius 1 is 1.00 bits per heavy atom. The van der Waals surface area contributed by atoms with Crippen LogP contribution >= 0.6 is 0 Å².